The van der Waals surface area contributed by atoms with Crippen LogP contribution in [0.2, 0.25) is 0 Å². The maximum Gasteiger partial charge on any atom is 0.317 e. The van der Waals surface area contributed by atoms with Gasteiger partial charge in [0.2, 0.25) is 11.9 Å². The summed E-state index contributed by atoms with van der Waals surface area (Å²) < 4.78 is 40.6. The van der Waals surface area contributed by atoms with E-state index < -0.39 is 11.8 Å². The highest BCUT2D eigenvalue weighted by Gasteiger charge is 2.20. The lowest BCUT2D eigenvalue weighted by Gasteiger charge is -2.14. The van der Waals surface area contributed by atoms with E-state index in [1.807, 2.05) is 24.3 Å². The number of benzene rings is 1. The summed E-state index contributed by atoms with van der Waals surface area (Å²) >= 11 is 1.35. The lowest BCUT2D eigenvalue weighted by molar-refractivity contribution is -0.0398. The smallest absolute Gasteiger partial charge is 0.317 e. The molecule has 2 amide bonds. The van der Waals surface area contributed by atoms with E-state index in [1.165, 1.54) is 24.6 Å². The van der Waals surface area contributed by atoms with Crippen LogP contribution in [0.15, 0.2) is 42.7 Å². The van der Waals surface area contributed by atoms with Crippen LogP contribution in [0.25, 0.3) is 31.8 Å². The van der Waals surface area contributed by atoms with Gasteiger partial charge in [0.1, 0.15) is 12.5 Å². The summed E-state index contributed by atoms with van der Waals surface area (Å²) in [6.45, 7) is 2.19. The summed E-state index contributed by atoms with van der Waals surface area (Å²) in [5.41, 5.74) is 1.89. The van der Waals surface area contributed by atoms with Crippen LogP contribution in [0.4, 0.5) is 19.5 Å². The monoisotopic (exact) mass is 526 g/mol. The van der Waals surface area contributed by atoms with E-state index in [4.69, 9.17) is 9.47 Å². The summed E-state index contributed by atoms with van der Waals surface area (Å²) in [5.74, 6) is -0.907. The van der Waals surface area contributed by atoms with Gasteiger partial charge in [-0.1, -0.05) is 18.2 Å². The second-order valence-electron chi connectivity index (χ2n) is 8.25. The number of nitrogens with one attached hydrogen (secondary N) is 2. The van der Waals surface area contributed by atoms with Gasteiger partial charge in [0.25, 0.3) is 0 Å². The molecule has 0 aliphatic carbocycles. The van der Waals surface area contributed by atoms with Crippen molar-refractivity contribution in [1.82, 2.24) is 25.2 Å². The Labute approximate surface area is 215 Å². The highest BCUT2D eigenvalue weighted by Crippen LogP contribution is 2.40. The number of pyridine rings is 1. The number of ether oxygens (including phenoxy) is 2. The van der Waals surface area contributed by atoms with E-state index >= 15 is 0 Å². The zero-order valence-electron chi connectivity index (χ0n) is 20.0. The van der Waals surface area contributed by atoms with Gasteiger partial charge in [-0.2, -0.15) is 4.39 Å². The van der Waals surface area contributed by atoms with Crippen molar-refractivity contribution in [2.75, 3.05) is 45.4 Å². The number of carbonyl (C=O) groups is 1. The highest BCUT2D eigenvalue weighted by atomic mass is 32.1. The minimum absolute atomic E-state index is 0.00781. The quantitative estimate of drug-likeness (QED) is 0.181. The van der Waals surface area contributed by atoms with Crippen molar-refractivity contribution in [3.63, 3.8) is 0 Å². The summed E-state index contributed by atoms with van der Waals surface area (Å²) in [5, 5.41) is 6.67. The first-order valence-electron chi connectivity index (χ1n) is 11.6. The van der Waals surface area contributed by atoms with Crippen LogP contribution in [-0.4, -0.2) is 66.0 Å². The lowest BCUT2D eigenvalue weighted by atomic mass is 10.0. The maximum absolute atomic E-state index is 14.8. The molecule has 0 atom stereocenters. The number of carbonyl (C=O) groups excluding carboxylic acids is 1. The Bertz CT molecular complexity index is 1430. The van der Waals surface area contributed by atoms with Crippen LogP contribution in [0.1, 0.15) is 5.56 Å². The number of nitrogens with zero attached hydrogens (tertiary/aromatic N) is 4. The number of hydrogen-bond donors (Lipinski definition) is 2. The number of urea groups is 1. The third-order valence-corrected chi connectivity index (χ3v) is 7.06. The highest BCUT2D eigenvalue weighted by molar-refractivity contribution is 7.22. The molecule has 12 heteroatoms. The van der Waals surface area contributed by atoms with Gasteiger partial charge in [0, 0.05) is 55.3 Å². The number of methoxy groups -OCH3 is 1. The van der Waals surface area contributed by atoms with Crippen molar-refractivity contribution < 1.29 is 23.0 Å². The Hall–Kier alpha value is -3.74. The molecule has 1 aliphatic heterocycles. The van der Waals surface area contributed by atoms with Crippen molar-refractivity contribution in [3.05, 3.63) is 60.1 Å². The molecule has 0 radical (unpaired) electrons. The van der Waals surface area contributed by atoms with Crippen molar-refractivity contribution in [3.8, 4) is 21.7 Å². The molecule has 1 saturated heterocycles. The fraction of sp³-hybridized carbons (Fsp3) is 0.280. The van der Waals surface area contributed by atoms with Crippen LogP contribution in [0.5, 0.6) is 0 Å². The minimum Gasteiger partial charge on any atom is -0.359 e. The molecule has 192 valence electrons. The molecule has 2 N–H and O–H groups in total. The molecular formula is C25H24F2N6O3S. The predicted molar refractivity (Wildman–Crippen MR) is 136 cm³/mol. The van der Waals surface area contributed by atoms with Crippen LogP contribution in [-0.2, 0) is 16.1 Å². The molecule has 0 spiro atoms. The Morgan fingerprint density at radius 1 is 1.22 bits per heavy atom. The first kappa shape index (κ1) is 24.9. The Kier molecular flexibility index (Phi) is 7.49. The normalized spacial score (nSPS) is 13.4. The average molecular weight is 527 g/mol. The van der Waals surface area contributed by atoms with E-state index in [0.29, 0.717) is 42.2 Å². The van der Waals surface area contributed by atoms with Gasteiger partial charge in [-0.3, -0.25) is 0 Å². The first-order valence-corrected chi connectivity index (χ1v) is 12.4. The number of aromatic nitrogens is 3. The van der Waals surface area contributed by atoms with E-state index in [-0.39, 0.29) is 31.1 Å². The van der Waals surface area contributed by atoms with Crippen LogP contribution < -0.4 is 10.6 Å². The molecule has 0 saturated carbocycles. The molecule has 1 aliphatic rings. The summed E-state index contributed by atoms with van der Waals surface area (Å²) in [6.07, 6.45) is 2.54. The third kappa shape index (κ3) is 5.36. The van der Waals surface area contributed by atoms with Gasteiger partial charge in [0.05, 0.1) is 17.7 Å². The molecule has 1 fully saturated rings. The minimum atomic E-state index is -0.619. The number of thiophene rings is 1. The summed E-state index contributed by atoms with van der Waals surface area (Å²) in [6, 6.07) is 9.14. The van der Waals surface area contributed by atoms with Gasteiger partial charge in [0.15, 0.2) is 5.82 Å². The Balaban J connectivity index is 1.44. The molecule has 3 aromatic heterocycles. The molecule has 9 nitrogen and oxygen atoms in total. The van der Waals surface area contributed by atoms with Crippen LogP contribution in [0, 0.1) is 11.8 Å². The number of rotatable bonds is 10. The fourth-order valence-electron chi connectivity index (χ4n) is 4.13. The SMILES string of the molecule is COCOCc1c(-c2cccc3cc(-c4nc(NCCN5CCNC5=O)ncc4F)sc23)ccnc1F. The standard InChI is InChI=1S/C25H24F2N6O3S/c1-35-14-36-13-18-16(5-6-28-23(18)27)17-4-2-3-15-11-20(37-22(15)17)21-19(26)12-31-24(32-21)29-7-9-33-10-8-30-25(33)34/h2-6,11-12H,7-10,13-14H2,1H3,(H,30,34)(H,29,31,32). The van der Waals surface area contributed by atoms with Crippen LogP contribution in [0.3, 0.4) is 0 Å². The number of hydrogen-bond acceptors (Lipinski definition) is 8. The topological polar surface area (TPSA) is 102 Å². The number of amides is 2. The first-order chi connectivity index (χ1) is 18.0. The van der Waals surface area contributed by atoms with Crippen molar-refractivity contribution >= 4 is 33.4 Å². The molecule has 4 aromatic rings. The molecule has 1 aromatic carbocycles. The zero-order chi connectivity index (χ0) is 25.8. The van der Waals surface area contributed by atoms with Gasteiger partial charge in [-0.15, -0.1) is 11.3 Å². The largest absolute Gasteiger partial charge is 0.359 e. The number of halogens is 2. The maximum atomic E-state index is 14.8. The second kappa shape index (κ2) is 11.1. The van der Waals surface area contributed by atoms with Crippen molar-refractivity contribution in [2.45, 2.75) is 6.61 Å². The summed E-state index contributed by atoms with van der Waals surface area (Å²) in [7, 11) is 1.49. The van der Waals surface area contributed by atoms with Gasteiger partial charge >= 0.3 is 6.03 Å². The molecule has 37 heavy (non-hydrogen) atoms. The number of fused-ring (bicyclic) bond motifs is 1. The van der Waals surface area contributed by atoms with E-state index in [2.05, 4.69) is 25.6 Å². The van der Waals surface area contributed by atoms with E-state index in [0.717, 1.165) is 21.8 Å². The Morgan fingerprint density at radius 2 is 2.11 bits per heavy atom. The molecule has 0 bridgehead atoms. The fourth-order valence-corrected chi connectivity index (χ4v) is 5.31. The molecule has 4 heterocycles. The predicted octanol–water partition coefficient (Wildman–Crippen LogP) is 4.26. The molecular weight excluding hydrogens is 502 g/mol. The Morgan fingerprint density at radius 3 is 2.92 bits per heavy atom. The van der Waals surface area contributed by atoms with Gasteiger partial charge in [-0.25, -0.2) is 24.1 Å². The van der Waals surface area contributed by atoms with Crippen LogP contribution >= 0.6 is 11.3 Å². The molecule has 0 unspecified atom stereocenters. The second-order valence-corrected chi connectivity index (χ2v) is 9.31. The number of anilines is 1. The molecule has 5 rings (SSSR count). The van der Waals surface area contributed by atoms with Gasteiger partial charge in [-0.05, 0) is 23.1 Å². The summed E-state index contributed by atoms with van der Waals surface area (Å²) in [4.78, 5) is 26.2. The van der Waals surface area contributed by atoms with Crippen molar-refractivity contribution in [2.24, 2.45) is 0 Å². The lowest BCUT2D eigenvalue weighted by Crippen LogP contribution is -2.32. The van der Waals surface area contributed by atoms with E-state index in [9.17, 15) is 13.6 Å². The van der Waals surface area contributed by atoms with Crippen molar-refractivity contribution in [1.29, 1.82) is 0 Å². The third-order valence-electron chi connectivity index (χ3n) is 5.87. The average Bonchev–Trinajstić information content (AvgIpc) is 3.52. The van der Waals surface area contributed by atoms with E-state index in [1.54, 1.807) is 11.0 Å². The zero-order valence-corrected chi connectivity index (χ0v) is 20.8. The van der Waals surface area contributed by atoms with Gasteiger partial charge < -0.3 is 25.0 Å².